The van der Waals surface area contributed by atoms with Crippen molar-refractivity contribution >= 4 is 42.2 Å². The summed E-state index contributed by atoms with van der Waals surface area (Å²) in [5.74, 6) is 0.553. The van der Waals surface area contributed by atoms with E-state index in [-0.39, 0.29) is 31.3 Å². The van der Waals surface area contributed by atoms with E-state index in [1.807, 2.05) is 45.4 Å². The molecule has 1 atom stereocenters. The predicted octanol–water partition coefficient (Wildman–Crippen LogP) is 3.50. The number of amides is 1. The molecule has 10 nitrogen and oxygen atoms in total. The third kappa shape index (κ3) is 8.79. The van der Waals surface area contributed by atoms with Crippen molar-refractivity contribution < 1.29 is 19.4 Å². The molecular weight excluding hydrogens is 564 g/mol. The molecular formula is C32H42N6O4S. The van der Waals surface area contributed by atoms with Crippen molar-refractivity contribution in [3.63, 3.8) is 0 Å². The van der Waals surface area contributed by atoms with Crippen LogP contribution in [0.1, 0.15) is 40.3 Å². The van der Waals surface area contributed by atoms with Crippen LogP contribution in [0, 0.1) is 0 Å². The van der Waals surface area contributed by atoms with Gasteiger partial charge in [-0.1, -0.05) is 6.58 Å². The van der Waals surface area contributed by atoms with Gasteiger partial charge < -0.3 is 29.9 Å². The van der Waals surface area contributed by atoms with Gasteiger partial charge in [0.1, 0.15) is 17.3 Å². The molecule has 0 aliphatic carbocycles. The lowest BCUT2D eigenvalue weighted by atomic mass is 10.0. The number of hydrogen-bond acceptors (Lipinski definition) is 9. The lowest BCUT2D eigenvalue weighted by Gasteiger charge is -2.32. The molecule has 2 N–H and O–H groups in total. The molecule has 2 heterocycles. The predicted molar refractivity (Wildman–Crippen MR) is 176 cm³/mol. The first-order valence-corrected chi connectivity index (χ1v) is 14.1. The Kier molecular flexibility index (Phi) is 12.1. The highest BCUT2D eigenvalue weighted by Gasteiger charge is 2.20. The summed E-state index contributed by atoms with van der Waals surface area (Å²) in [6.45, 7) is 6.62. The number of carbonyl (C=O) groups excluding carboxylic acids is 2. The number of carbonyl (C=O) groups is 2. The first-order chi connectivity index (χ1) is 20.2. The highest BCUT2D eigenvalue weighted by atomic mass is 32.1. The van der Waals surface area contributed by atoms with E-state index >= 15 is 0 Å². The van der Waals surface area contributed by atoms with Crippen LogP contribution in [0.5, 0.6) is 5.75 Å². The van der Waals surface area contributed by atoms with Crippen LogP contribution in [-0.2, 0) is 11.2 Å². The van der Waals surface area contributed by atoms with Gasteiger partial charge in [0.15, 0.2) is 0 Å². The van der Waals surface area contributed by atoms with Gasteiger partial charge in [0.2, 0.25) is 11.7 Å². The van der Waals surface area contributed by atoms with Crippen molar-refractivity contribution in [2.75, 3.05) is 69.5 Å². The number of ketones is 1. The topological polar surface area (TPSA) is 111 Å². The van der Waals surface area contributed by atoms with Crippen molar-refractivity contribution in [1.29, 1.82) is 0 Å². The summed E-state index contributed by atoms with van der Waals surface area (Å²) in [7, 11) is 7.57. The van der Waals surface area contributed by atoms with Gasteiger partial charge in [0, 0.05) is 68.7 Å². The molecule has 1 amide bonds. The van der Waals surface area contributed by atoms with Crippen molar-refractivity contribution in [3.05, 3.63) is 84.0 Å². The second kappa shape index (κ2) is 15.5. The molecule has 43 heavy (non-hydrogen) atoms. The van der Waals surface area contributed by atoms with Gasteiger partial charge in [0.25, 0.3) is 0 Å². The van der Waals surface area contributed by atoms with Gasteiger partial charge in [-0.15, -0.1) is 0 Å². The van der Waals surface area contributed by atoms with Crippen LogP contribution in [0.25, 0.3) is 0 Å². The molecule has 0 unspecified atom stereocenters. The monoisotopic (exact) mass is 606 g/mol. The normalized spacial score (nSPS) is 14.6. The first-order valence-electron chi connectivity index (χ1n) is 14.1. The van der Waals surface area contributed by atoms with Crippen molar-refractivity contribution in [3.8, 4) is 5.75 Å². The highest BCUT2D eigenvalue weighted by molar-refractivity contribution is 7.59. The van der Waals surface area contributed by atoms with Gasteiger partial charge in [0.05, 0.1) is 24.6 Å². The number of nitrogens with zero attached hydrogens (tertiary/aromatic N) is 5. The molecule has 1 aliphatic rings. The van der Waals surface area contributed by atoms with Crippen LogP contribution in [-0.4, -0.2) is 92.2 Å². The number of aliphatic hydroxyl groups excluding tert-OH is 1. The molecule has 0 bridgehead atoms. The Morgan fingerprint density at radius 1 is 1.16 bits per heavy atom. The van der Waals surface area contributed by atoms with E-state index in [9.17, 15) is 14.7 Å². The van der Waals surface area contributed by atoms with Crippen LogP contribution in [0.15, 0.2) is 61.3 Å². The summed E-state index contributed by atoms with van der Waals surface area (Å²) in [6, 6.07) is 12.8. The fourth-order valence-electron chi connectivity index (χ4n) is 4.95. The number of anilines is 3. The summed E-state index contributed by atoms with van der Waals surface area (Å²) in [4.78, 5) is 40.8. The molecule has 11 heteroatoms. The average Bonchev–Trinajstić information content (AvgIpc) is 2.99. The molecule has 0 saturated carbocycles. The summed E-state index contributed by atoms with van der Waals surface area (Å²) >= 11 is 0. The summed E-state index contributed by atoms with van der Waals surface area (Å²) in [6.07, 6.45) is 4.53. The maximum Gasteiger partial charge on any atom is 0.247 e. The molecule has 4 rings (SSSR count). The van der Waals surface area contributed by atoms with E-state index in [1.54, 1.807) is 31.5 Å². The number of rotatable bonds is 12. The zero-order valence-electron chi connectivity index (χ0n) is 25.3. The highest BCUT2D eigenvalue weighted by Crippen LogP contribution is 2.34. The van der Waals surface area contributed by atoms with Crippen molar-refractivity contribution in [1.82, 2.24) is 14.9 Å². The zero-order chi connectivity index (χ0) is 30.2. The maximum absolute atomic E-state index is 13.3. The third-order valence-electron chi connectivity index (χ3n) is 7.31. The standard InChI is InChI=1S/C32H40N6O4.H2S/c1-6-31(40)35-27-18-23(29(42-5)20-28(27)37(4)17-16-36(2)3)19-30-33-14-13-26(34-30)32(41)22-9-11-24(12-10-22)38-15-7-8-25(39)21-38;/h6,9-14,18,20,25,39H,1,7-8,15-17,19,21H2,2-5H3,(H,35,40);1H2/t25-;/m0./s1. The first kappa shape index (κ1) is 33.6. The summed E-state index contributed by atoms with van der Waals surface area (Å²) < 4.78 is 5.72. The minimum atomic E-state index is -0.326. The molecule has 1 aromatic heterocycles. The molecule has 1 saturated heterocycles. The Morgan fingerprint density at radius 2 is 1.91 bits per heavy atom. The Labute approximate surface area is 260 Å². The number of piperidine rings is 1. The lowest BCUT2D eigenvalue weighted by Crippen LogP contribution is -2.38. The second-order valence-electron chi connectivity index (χ2n) is 10.8. The number of β-amino-alcohol motifs (C(OH)–C–C–N with tert-alkyl or cyclic N) is 1. The molecule has 3 aromatic rings. The fourth-order valence-corrected chi connectivity index (χ4v) is 4.95. The SMILES string of the molecule is C=CC(=O)Nc1cc(Cc2nccc(C(=O)c3ccc(N4CCC[C@H](O)C4)cc3)n2)c(OC)cc1N(C)CCN(C)C.S. The minimum Gasteiger partial charge on any atom is -0.496 e. The summed E-state index contributed by atoms with van der Waals surface area (Å²) in [5, 5.41) is 12.9. The van der Waals surface area contributed by atoms with Gasteiger partial charge in [-0.2, -0.15) is 13.5 Å². The average molecular weight is 607 g/mol. The molecule has 1 aliphatic heterocycles. The smallest absolute Gasteiger partial charge is 0.247 e. The van der Waals surface area contributed by atoms with Gasteiger partial charge in [-0.05, 0) is 69.4 Å². The van der Waals surface area contributed by atoms with E-state index in [2.05, 4.69) is 36.6 Å². The van der Waals surface area contributed by atoms with Crippen LogP contribution in [0.4, 0.5) is 17.1 Å². The largest absolute Gasteiger partial charge is 0.496 e. The molecule has 0 radical (unpaired) electrons. The number of ether oxygens (including phenoxy) is 1. The minimum absolute atomic E-state index is 0. The Balaban J connectivity index is 0.00000506. The van der Waals surface area contributed by atoms with Crippen LogP contribution < -0.4 is 19.9 Å². The van der Waals surface area contributed by atoms with E-state index in [0.29, 0.717) is 41.5 Å². The van der Waals surface area contributed by atoms with Gasteiger partial charge >= 0.3 is 0 Å². The van der Waals surface area contributed by atoms with E-state index in [4.69, 9.17) is 4.74 Å². The molecule has 230 valence electrons. The zero-order valence-corrected chi connectivity index (χ0v) is 26.3. The molecule has 2 aromatic carbocycles. The van der Waals surface area contributed by atoms with E-state index in [1.165, 1.54) is 6.08 Å². The Morgan fingerprint density at radius 3 is 2.56 bits per heavy atom. The number of hydrogen-bond donors (Lipinski definition) is 2. The maximum atomic E-state index is 13.3. The van der Waals surface area contributed by atoms with Gasteiger partial charge in [-0.25, -0.2) is 9.97 Å². The summed E-state index contributed by atoms with van der Waals surface area (Å²) in [5.41, 5.74) is 3.99. The van der Waals surface area contributed by atoms with E-state index in [0.717, 1.165) is 49.4 Å². The lowest BCUT2D eigenvalue weighted by molar-refractivity contribution is -0.111. The number of methoxy groups -OCH3 is 1. The Bertz CT molecular complexity index is 1420. The van der Waals surface area contributed by atoms with Crippen LogP contribution >= 0.6 is 13.5 Å². The second-order valence-corrected chi connectivity index (χ2v) is 10.8. The quantitative estimate of drug-likeness (QED) is 0.236. The Hall–Kier alpha value is -3.93. The number of aliphatic hydroxyl groups is 1. The van der Waals surface area contributed by atoms with Crippen LogP contribution in [0.3, 0.4) is 0 Å². The molecule has 0 spiro atoms. The number of likely N-dealkylation sites (N-methyl/N-ethyl adjacent to an activating group) is 2. The van der Waals surface area contributed by atoms with Gasteiger partial charge in [-0.3, -0.25) is 9.59 Å². The van der Waals surface area contributed by atoms with Crippen LogP contribution in [0.2, 0.25) is 0 Å². The third-order valence-corrected chi connectivity index (χ3v) is 7.31. The van der Waals surface area contributed by atoms with E-state index < -0.39 is 0 Å². The molecule has 1 fully saturated rings. The number of benzene rings is 2. The number of aromatic nitrogens is 2. The fraction of sp³-hybridized carbons (Fsp3) is 0.375. The number of nitrogens with one attached hydrogen (secondary N) is 1. The van der Waals surface area contributed by atoms with Crippen molar-refractivity contribution in [2.24, 2.45) is 0 Å². The van der Waals surface area contributed by atoms with Crippen molar-refractivity contribution in [2.45, 2.75) is 25.4 Å².